The van der Waals surface area contributed by atoms with Crippen molar-refractivity contribution in [1.29, 1.82) is 0 Å². The van der Waals surface area contributed by atoms with Gasteiger partial charge < -0.3 is 4.74 Å². The van der Waals surface area contributed by atoms with E-state index in [9.17, 15) is 19.2 Å². The van der Waals surface area contributed by atoms with Crippen LogP contribution in [0.4, 0.5) is 4.79 Å². The molecule has 1 atom stereocenters. The molecule has 11 heteroatoms. The lowest BCUT2D eigenvalue weighted by Crippen LogP contribution is -2.43. The van der Waals surface area contributed by atoms with Gasteiger partial charge in [0.1, 0.15) is 12.9 Å². The van der Waals surface area contributed by atoms with E-state index in [1.54, 1.807) is 0 Å². The summed E-state index contributed by atoms with van der Waals surface area (Å²) in [4.78, 5) is 57.0. The maximum atomic E-state index is 13.5. The third kappa shape index (κ3) is 11.0. The van der Waals surface area contributed by atoms with E-state index in [4.69, 9.17) is 4.74 Å². The number of imidazole rings is 1. The van der Waals surface area contributed by atoms with Crippen molar-refractivity contribution in [2.45, 2.75) is 110 Å². The number of hydrogen-bond donors (Lipinski definition) is 0. The van der Waals surface area contributed by atoms with Crippen molar-refractivity contribution in [1.82, 2.24) is 29.3 Å². The van der Waals surface area contributed by atoms with Gasteiger partial charge in [0.2, 0.25) is 5.91 Å². The molecular formula is C35H50N6O5. The number of unbranched alkanes of at least 4 members (excludes halogenated alkanes) is 8. The van der Waals surface area contributed by atoms with Crippen molar-refractivity contribution in [2.24, 2.45) is 13.0 Å². The largest absolute Gasteiger partial charge is 0.444 e. The predicted molar refractivity (Wildman–Crippen MR) is 178 cm³/mol. The minimum atomic E-state index is -1.07. The summed E-state index contributed by atoms with van der Waals surface area (Å²) in [5, 5.41) is 7.60. The Morgan fingerprint density at radius 1 is 1.04 bits per heavy atom. The molecule has 0 unspecified atom stereocenters. The smallest absolute Gasteiger partial charge is 0.424 e. The minimum absolute atomic E-state index is 0.00640. The number of ether oxygens (including phenoxy) is 1. The Balaban J connectivity index is 1.53. The van der Waals surface area contributed by atoms with Gasteiger partial charge in [-0.2, -0.15) is 9.58 Å². The monoisotopic (exact) mass is 634 g/mol. The van der Waals surface area contributed by atoms with Crippen LogP contribution in [0.5, 0.6) is 0 Å². The topological polar surface area (TPSA) is 129 Å². The molecule has 0 aliphatic heterocycles. The highest BCUT2D eigenvalue weighted by molar-refractivity contribution is 6.16. The van der Waals surface area contributed by atoms with Crippen LogP contribution < -0.4 is 5.69 Å². The van der Waals surface area contributed by atoms with Crippen LogP contribution in [0.15, 0.2) is 59.2 Å². The molecule has 2 aromatic heterocycles. The number of imide groups is 3. The zero-order valence-corrected chi connectivity index (χ0v) is 27.8. The number of rotatable bonds is 18. The first-order valence-electron chi connectivity index (χ1n) is 16.7. The molecule has 0 N–H and O–H groups in total. The van der Waals surface area contributed by atoms with Crippen molar-refractivity contribution in [3.63, 3.8) is 0 Å². The molecule has 0 aromatic carbocycles. The van der Waals surface area contributed by atoms with E-state index in [1.807, 2.05) is 13.0 Å². The van der Waals surface area contributed by atoms with Gasteiger partial charge in [-0.15, -0.1) is 5.10 Å². The molecule has 0 spiro atoms. The Morgan fingerprint density at radius 3 is 2.41 bits per heavy atom. The first kappa shape index (κ1) is 36.3. The van der Waals surface area contributed by atoms with E-state index >= 15 is 0 Å². The molecule has 250 valence electrons. The van der Waals surface area contributed by atoms with Crippen LogP contribution in [0, 0.1) is 5.92 Å². The van der Waals surface area contributed by atoms with Gasteiger partial charge in [-0.25, -0.2) is 19.0 Å². The van der Waals surface area contributed by atoms with Crippen LogP contribution >= 0.6 is 0 Å². The number of nitrogens with zero attached hydrogens (tertiary/aromatic N) is 6. The first-order valence-corrected chi connectivity index (χ1v) is 16.7. The summed E-state index contributed by atoms with van der Waals surface area (Å²) in [7, 11) is 1.41. The van der Waals surface area contributed by atoms with Gasteiger partial charge in [-0.3, -0.25) is 9.59 Å². The lowest BCUT2D eigenvalue weighted by molar-refractivity contribution is -0.127. The summed E-state index contributed by atoms with van der Waals surface area (Å²) in [5.74, 6) is -1.29. The fraction of sp³-hybridized carbons (Fsp3) is 0.571. The van der Waals surface area contributed by atoms with Crippen molar-refractivity contribution in [3.05, 3.63) is 70.6 Å². The van der Waals surface area contributed by atoms with Gasteiger partial charge in [0.15, 0.2) is 11.3 Å². The molecule has 1 aliphatic carbocycles. The third-order valence-electron chi connectivity index (χ3n) is 8.26. The average Bonchev–Trinajstić information content (AvgIpc) is 3.49. The molecule has 0 saturated heterocycles. The molecule has 0 saturated carbocycles. The van der Waals surface area contributed by atoms with E-state index in [0.717, 1.165) is 90.8 Å². The van der Waals surface area contributed by atoms with E-state index in [1.165, 1.54) is 26.3 Å². The second-order valence-corrected chi connectivity index (χ2v) is 12.0. The van der Waals surface area contributed by atoms with Gasteiger partial charge in [-0.05, 0) is 76.2 Å². The molecule has 0 fully saturated rings. The third-order valence-corrected chi connectivity index (χ3v) is 8.26. The molecule has 0 bridgehead atoms. The fourth-order valence-electron chi connectivity index (χ4n) is 5.32. The van der Waals surface area contributed by atoms with Gasteiger partial charge in [0.05, 0.1) is 0 Å². The van der Waals surface area contributed by atoms with Crippen LogP contribution in [-0.2, 0) is 16.6 Å². The standard InChI is InChI=1S/C35H50N6O5/c1-5-6-7-8-9-10-11-12-13-14-15-16-17-18-19-20-30(42)41(35(45)46-25-28-21-23-29(24-22-28)27(2)3)33(43)31-32-37-38-39(4)34(44)40(32)26-36-31/h9-10,12-13,21,26,29H,2,5-8,11,14-20,22-25H2,1,3-4H3/b10-9-,13-12-/t29-/m1/s1. The second kappa shape index (κ2) is 19.4. The van der Waals surface area contributed by atoms with Crippen molar-refractivity contribution in [2.75, 3.05) is 6.61 Å². The van der Waals surface area contributed by atoms with E-state index < -0.39 is 23.6 Å². The molecular weight excluding hydrogens is 584 g/mol. The zero-order valence-electron chi connectivity index (χ0n) is 27.8. The normalized spacial score (nSPS) is 15.0. The molecule has 2 heterocycles. The summed E-state index contributed by atoms with van der Waals surface area (Å²) >= 11 is 0. The Bertz CT molecular complexity index is 1480. The minimum Gasteiger partial charge on any atom is -0.444 e. The number of allylic oxidation sites excluding steroid dienone is 6. The SMILES string of the molecule is C=C(C)[C@@H]1CC=C(COC(=O)N(C(=O)CCCCCCC/C=C\C/C=C\CCCCC)C(=O)c2ncn3c(=O)n(C)nnc23)CC1. The number of aryl methyl sites for hydroxylation is 1. The highest BCUT2D eigenvalue weighted by atomic mass is 16.6. The van der Waals surface area contributed by atoms with E-state index in [0.29, 0.717) is 17.2 Å². The van der Waals surface area contributed by atoms with E-state index in [-0.39, 0.29) is 24.4 Å². The number of hydrogen-bond acceptors (Lipinski definition) is 8. The number of amides is 3. The first-order chi connectivity index (χ1) is 22.2. The summed E-state index contributed by atoms with van der Waals surface area (Å²) < 4.78 is 7.50. The van der Waals surface area contributed by atoms with Crippen LogP contribution in [0.2, 0.25) is 0 Å². The lowest BCUT2D eigenvalue weighted by atomic mass is 9.86. The number of aromatic nitrogens is 5. The quantitative estimate of drug-likeness (QED) is 0.126. The number of carbonyl (C=O) groups is 3. The summed E-state index contributed by atoms with van der Waals surface area (Å²) in [6.07, 6.45) is 24.7. The Kier molecular flexibility index (Phi) is 15.3. The van der Waals surface area contributed by atoms with Crippen molar-refractivity contribution < 1.29 is 19.1 Å². The van der Waals surface area contributed by atoms with Gasteiger partial charge >= 0.3 is 11.8 Å². The summed E-state index contributed by atoms with van der Waals surface area (Å²) in [6, 6.07) is 0. The van der Waals surface area contributed by atoms with Crippen molar-refractivity contribution in [3.8, 4) is 0 Å². The number of fused-ring (bicyclic) bond motifs is 1. The van der Waals surface area contributed by atoms with Gasteiger partial charge in [-0.1, -0.05) is 86.8 Å². The maximum Gasteiger partial charge on any atom is 0.424 e. The Morgan fingerprint density at radius 2 is 1.74 bits per heavy atom. The molecule has 11 nitrogen and oxygen atoms in total. The highest BCUT2D eigenvalue weighted by Crippen LogP contribution is 2.28. The zero-order chi connectivity index (χ0) is 33.3. The van der Waals surface area contributed by atoms with Crippen LogP contribution in [0.25, 0.3) is 5.65 Å². The summed E-state index contributed by atoms with van der Waals surface area (Å²) in [6.45, 7) is 8.23. The molecule has 46 heavy (non-hydrogen) atoms. The fourth-order valence-corrected chi connectivity index (χ4v) is 5.32. The van der Waals surface area contributed by atoms with E-state index in [2.05, 4.69) is 53.1 Å². The van der Waals surface area contributed by atoms with Crippen LogP contribution in [-0.4, -0.2) is 53.8 Å². The molecule has 2 aromatic rings. The molecule has 3 amide bonds. The van der Waals surface area contributed by atoms with Crippen molar-refractivity contribution >= 4 is 23.6 Å². The molecule has 0 radical (unpaired) electrons. The van der Waals surface area contributed by atoms with Gasteiger partial charge in [0.25, 0.3) is 5.91 Å². The number of carbonyl (C=O) groups excluding carboxylic acids is 3. The second-order valence-electron chi connectivity index (χ2n) is 12.0. The lowest BCUT2D eigenvalue weighted by Gasteiger charge is -2.23. The highest BCUT2D eigenvalue weighted by Gasteiger charge is 2.34. The van der Waals surface area contributed by atoms with Crippen LogP contribution in [0.3, 0.4) is 0 Å². The summed E-state index contributed by atoms with van der Waals surface area (Å²) in [5.41, 5.74) is 1.02. The Hall–Kier alpha value is -4.15. The molecule has 3 rings (SSSR count). The van der Waals surface area contributed by atoms with Crippen LogP contribution in [0.1, 0.15) is 121 Å². The predicted octanol–water partition coefficient (Wildman–Crippen LogP) is 7.04. The average molecular weight is 635 g/mol. The maximum absolute atomic E-state index is 13.5. The van der Waals surface area contributed by atoms with Gasteiger partial charge in [0, 0.05) is 13.5 Å². The Labute approximate surface area is 272 Å². The molecule has 1 aliphatic rings.